The van der Waals surface area contributed by atoms with Crippen LogP contribution in [0.1, 0.15) is 10.4 Å². The second kappa shape index (κ2) is 5.44. The average Bonchev–Trinajstić information content (AvgIpc) is 2.47. The van der Waals surface area contributed by atoms with Gasteiger partial charge in [0.25, 0.3) is 0 Å². The number of rotatable bonds is 3. The zero-order valence-electron chi connectivity index (χ0n) is 11.0. The van der Waals surface area contributed by atoms with E-state index in [0.717, 1.165) is 11.4 Å². The van der Waals surface area contributed by atoms with Crippen molar-refractivity contribution in [3.8, 4) is 0 Å². The van der Waals surface area contributed by atoms with Crippen molar-refractivity contribution in [3.05, 3.63) is 54.1 Å². The van der Waals surface area contributed by atoms with Crippen LogP contribution in [0.25, 0.3) is 0 Å². The van der Waals surface area contributed by atoms with Crippen molar-refractivity contribution in [1.82, 2.24) is 0 Å². The van der Waals surface area contributed by atoms with E-state index in [9.17, 15) is 4.79 Å². The molecule has 0 atom stereocenters. The quantitative estimate of drug-likeness (QED) is 0.677. The van der Waals surface area contributed by atoms with Gasteiger partial charge in [-0.2, -0.15) is 0 Å². The Labute approximate surface area is 112 Å². The highest BCUT2D eigenvalue weighted by Gasteiger charge is 2.15. The summed E-state index contributed by atoms with van der Waals surface area (Å²) in [5.41, 5.74) is 8.62. The summed E-state index contributed by atoms with van der Waals surface area (Å²) >= 11 is 0. The molecule has 19 heavy (non-hydrogen) atoms. The molecule has 2 N–H and O–H groups in total. The van der Waals surface area contributed by atoms with Gasteiger partial charge < -0.3 is 15.4 Å². The smallest absolute Gasteiger partial charge is 0.340 e. The predicted octanol–water partition coefficient (Wildman–Crippen LogP) is 2.82. The minimum atomic E-state index is -0.430. The van der Waals surface area contributed by atoms with Crippen molar-refractivity contribution < 1.29 is 9.53 Å². The Kier molecular flexibility index (Phi) is 3.71. The molecule has 0 spiro atoms. The van der Waals surface area contributed by atoms with Crippen LogP contribution in [0.15, 0.2) is 48.5 Å². The van der Waals surface area contributed by atoms with Crippen molar-refractivity contribution in [2.75, 3.05) is 24.8 Å². The molecule has 0 radical (unpaired) electrons. The summed E-state index contributed by atoms with van der Waals surface area (Å²) in [6.07, 6.45) is 0. The molecule has 0 aliphatic heterocycles. The normalized spacial score (nSPS) is 10.0. The molecule has 0 saturated carbocycles. The second-order valence-electron chi connectivity index (χ2n) is 4.12. The summed E-state index contributed by atoms with van der Waals surface area (Å²) in [6.45, 7) is 0. The molecule has 0 amide bonds. The third kappa shape index (κ3) is 2.52. The Bertz CT molecular complexity index is 582. The van der Waals surface area contributed by atoms with Crippen LogP contribution < -0.4 is 10.6 Å². The van der Waals surface area contributed by atoms with Crippen LogP contribution in [0.2, 0.25) is 0 Å². The van der Waals surface area contributed by atoms with Crippen LogP contribution >= 0.6 is 0 Å². The Hall–Kier alpha value is -2.49. The number of hydrogen-bond donors (Lipinski definition) is 1. The first-order valence-corrected chi connectivity index (χ1v) is 5.90. The number of esters is 1. The molecule has 0 saturated heterocycles. The van der Waals surface area contributed by atoms with Gasteiger partial charge in [-0.25, -0.2) is 4.79 Å². The number of nitrogens with zero attached hydrogens (tertiary/aromatic N) is 1. The van der Waals surface area contributed by atoms with Gasteiger partial charge in [-0.3, -0.25) is 0 Å². The number of hydrogen-bond acceptors (Lipinski definition) is 4. The Balaban J connectivity index is 2.43. The summed E-state index contributed by atoms with van der Waals surface area (Å²) in [5, 5.41) is 0. The first kappa shape index (κ1) is 13.0. The minimum absolute atomic E-state index is 0.378. The van der Waals surface area contributed by atoms with Crippen molar-refractivity contribution in [1.29, 1.82) is 0 Å². The average molecular weight is 256 g/mol. The molecule has 2 aromatic carbocycles. The van der Waals surface area contributed by atoms with E-state index < -0.39 is 5.97 Å². The van der Waals surface area contributed by atoms with Gasteiger partial charge >= 0.3 is 5.97 Å². The zero-order chi connectivity index (χ0) is 13.8. The topological polar surface area (TPSA) is 55.6 Å². The lowest BCUT2D eigenvalue weighted by atomic mass is 10.1. The fourth-order valence-corrected chi connectivity index (χ4v) is 1.92. The van der Waals surface area contributed by atoms with Gasteiger partial charge in [0.15, 0.2) is 0 Å². The van der Waals surface area contributed by atoms with E-state index in [-0.39, 0.29) is 0 Å². The lowest BCUT2D eigenvalue weighted by molar-refractivity contribution is 0.0602. The largest absolute Gasteiger partial charge is 0.465 e. The molecule has 0 fully saturated rings. The first-order valence-electron chi connectivity index (χ1n) is 5.90. The number of ether oxygens (including phenoxy) is 1. The molecular formula is C15H16N2O2. The van der Waals surface area contributed by atoms with E-state index in [1.807, 2.05) is 48.3 Å². The zero-order valence-corrected chi connectivity index (χ0v) is 11.0. The van der Waals surface area contributed by atoms with Crippen LogP contribution in [0, 0.1) is 0 Å². The highest BCUT2D eigenvalue weighted by molar-refractivity contribution is 5.99. The molecule has 2 aromatic rings. The van der Waals surface area contributed by atoms with Gasteiger partial charge in [-0.15, -0.1) is 0 Å². The molecule has 0 heterocycles. The lowest BCUT2D eigenvalue weighted by Crippen LogP contribution is -2.14. The molecule has 0 unspecified atom stereocenters. The number of nitrogens with two attached hydrogens (primary N) is 1. The summed E-state index contributed by atoms with van der Waals surface area (Å²) in [6, 6.07) is 15.1. The number of nitrogen functional groups attached to an aromatic ring is 1. The third-order valence-electron chi connectivity index (χ3n) is 2.99. The highest BCUT2D eigenvalue weighted by Crippen LogP contribution is 2.31. The van der Waals surface area contributed by atoms with Crippen molar-refractivity contribution in [2.24, 2.45) is 0 Å². The molecule has 0 bridgehead atoms. The van der Waals surface area contributed by atoms with E-state index in [2.05, 4.69) is 0 Å². The van der Waals surface area contributed by atoms with Crippen molar-refractivity contribution >= 4 is 23.0 Å². The van der Waals surface area contributed by atoms with Crippen LogP contribution in [0.4, 0.5) is 17.1 Å². The number of carbonyl (C=O) groups excluding carboxylic acids is 1. The molecule has 4 nitrogen and oxygen atoms in total. The SMILES string of the molecule is COC(=O)c1cccc(N(C)c2ccccc2)c1N. The maximum atomic E-state index is 11.6. The molecule has 0 aromatic heterocycles. The molecule has 0 aliphatic rings. The van der Waals surface area contributed by atoms with Crippen LogP contribution in [-0.2, 0) is 4.74 Å². The van der Waals surface area contributed by atoms with Gasteiger partial charge in [0.05, 0.1) is 24.0 Å². The lowest BCUT2D eigenvalue weighted by Gasteiger charge is -2.22. The fourth-order valence-electron chi connectivity index (χ4n) is 1.92. The van der Waals surface area contributed by atoms with Gasteiger partial charge in [-0.1, -0.05) is 24.3 Å². The Morgan fingerprint density at radius 1 is 1.11 bits per heavy atom. The van der Waals surface area contributed by atoms with Gasteiger partial charge in [0, 0.05) is 12.7 Å². The van der Waals surface area contributed by atoms with E-state index >= 15 is 0 Å². The molecule has 2 rings (SSSR count). The van der Waals surface area contributed by atoms with Gasteiger partial charge in [0.2, 0.25) is 0 Å². The summed E-state index contributed by atoms with van der Waals surface area (Å²) in [4.78, 5) is 13.6. The Morgan fingerprint density at radius 3 is 2.42 bits per heavy atom. The fraction of sp³-hybridized carbons (Fsp3) is 0.133. The van der Waals surface area contributed by atoms with E-state index in [1.54, 1.807) is 12.1 Å². The molecular weight excluding hydrogens is 240 g/mol. The predicted molar refractivity (Wildman–Crippen MR) is 76.7 cm³/mol. The standard InChI is InChI=1S/C15H16N2O2/c1-17(11-7-4-3-5-8-11)13-10-6-9-12(14(13)16)15(18)19-2/h3-10H,16H2,1-2H3. The number of methoxy groups -OCH3 is 1. The molecule has 4 heteroatoms. The summed E-state index contributed by atoms with van der Waals surface area (Å²) in [7, 11) is 3.25. The van der Waals surface area contributed by atoms with E-state index in [1.165, 1.54) is 7.11 Å². The van der Waals surface area contributed by atoms with Crippen molar-refractivity contribution in [3.63, 3.8) is 0 Å². The van der Waals surface area contributed by atoms with Crippen LogP contribution in [0.3, 0.4) is 0 Å². The number of benzene rings is 2. The van der Waals surface area contributed by atoms with Crippen LogP contribution in [0.5, 0.6) is 0 Å². The van der Waals surface area contributed by atoms with E-state index in [4.69, 9.17) is 10.5 Å². The van der Waals surface area contributed by atoms with E-state index in [0.29, 0.717) is 11.3 Å². The highest BCUT2D eigenvalue weighted by atomic mass is 16.5. The second-order valence-corrected chi connectivity index (χ2v) is 4.12. The number of para-hydroxylation sites is 2. The Morgan fingerprint density at radius 2 is 1.79 bits per heavy atom. The minimum Gasteiger partial charge on any atom is -0.465 e. The van der Waals surface area contributed by atoms with Crippen LogP contribution in [-0.4, -0.2) is 20.1 Å². The summed E-state index contributed by atoms with van der Waals surface area (Å²) < 4.78 is 4.72. The first-order chi connectivity index (χ1) is 9.15. The van der Waals surface area contributed by atoms with Gasteiger partial charge in [0.1, 0.15) is 0 Å². The van der Waals surface area contributed by atoms with Crippen molar-refractivity contribution in [2.45, 2.75) is 0 Å². The maximum Gasteiger partial charge on any atom is 0.340 e. The summed E-state index contributed by atoms with van der Waals surface area (Å²) in [5.74, 6) is -0.430. The monoisotopic (exact) mass is 256 g/mol. The van der Waals surface area contributed by atoms with Gasteiger partial charge in [-0.05, 0) is 24.3 Å². The number of carbonyl (C=O) groups is 1. The molecule has 0 aliphatic carbocycles. The molecule has 98 valence electrons. The number of anilines is 3. The third-order valence-corrected chi connectivity index (χ3v) is 2.99. The maximum absolute atomic E-state index is 11.6.